The first-order valence-corrected chi connectivity index (χ1v) is 31.5. The number of hydrogen-bond donors (Lipinski definition) is 3. The fourth-order valence-electron chi connectivity index (χ4n) is 8.14. The molecule has 0 unspecified atom stereocenters. The Balaban J connectivity index is -0.000000260. The van der Waals surface area contributed by atoms with E-state index in [-0.39, 0.29) is 12.1 Å². The van der Waals surface area contributed by atoms with E-state index in [0.717, 1.165) is 25.7 Å². The zero-order chi connectivity index (χ0) is 52.0. The standard InChI is InChI=1S/C19H38O2.C18H36O.C12H26O.C8H18O.C7H16/c1-4-5-6-7-8-9-10-11-12-13-14-15-16-17-19(20)21-18(2)3;1-2-3-4-5-6-7-8-9-10-11-12-13-14-15-16-17-18-19;1-2-3-4-5-6-7-8-9-10-11-12-13;1-2-3-4-5-6-7-8-9;1-3-5-7-6-4-2/h18H,4-17H2,1-3H3;9-10,19H,2-8,11-18H2,1H3;13H,2-12H2,1H3;9H,2-8H2,1H3;3-7H2,1-2H3. The van der Waals surface area contributed by atoms with Crippen molar-refractivity contribution in [1.29, 1.82) is 0 Å². The van der Waals surface area contributed by atoms with E-state index in [0.29, 0.717) is 26.2 Å². The number of aliphatic hydroxyl groups is 3. The first-order valence-electron chi connectivity index (χ1n) is 31.5. The third kappa shape index (κ3) is 97.2. The Hall–Kier alpha value is -0.910. The molecule has 5 nitrogen and oxygen atoms in total. The molecule has 0 fully saturated rings. The topological polar surface area (TPSA) is 87.0 Å². The van der Waals surface area contributed by atoms with Crippen LogP contribution >= 0.6 is 0 Å². The molecular formula is C64H134O5. The quantitative estimate of drug-likeness (QED) is 0.0321. The average molecular weight is 984 g/mol. The van der Waals surface area contributed by atoms with Crippen molar-refractivity contribution < 1.29 is 24.9 Å². The van der Waals surface area contributed by atoms with Crippen LogP contribution in [0.2, 0.25) is 0 Å². The molecule has 0 aromatic rings. The Morgan fingerprint density at radius 1 is 0.304 bits per heavy atom. The van der Waals surface area contributed by atoms with Crippen LogP contribution in [-0.4, -0.2) is 47.2 Å². The van der Waals surface area contributed by atoms with E-state index in [1.807, 2.05) is 13.8 Å². The highest BCUT2D eigenvalue weighted by atomic mass is 16.5. The van der Waals surface area contributed by atoms with Gasteiger partial charge in [0.25, 0.3) is 0 Å². The molecule has 5 heteroatoms. The summed E-state index contributed by atoms with van der Waals surface area (Å²) < 4.78 is 5.12. The summed E-state index contributed by atoms with van der Waals surface area (Å²) >= 11 is 0. The van der Waals surface area contributed by atoms with Gasteiger partial charge in [0.1, 0.15) is 0 Å². The van der Waals surface area contributed by atoms with Crippen molar-refractivity contribution in [2.24, 2.45) is 0 Å². The summed E-state index contributed by atoms with van der Waals surface area (Å²) in [6.45, 7) is 18.4. The van der Waals surface area contributed by atoms with E-state index < -0.39 is 0 Å². The minimum atomic E-state index is -0.0342. The summed E-state index contributed by atoms with van der Waals surface area (Å²) in [4.78, 5) is 11.3. The minimum absolute atomic E-state index is 0.0273. The molecule has 0 saturated heterocycles. The maximum Gasteiger partial charge on any atom is 0.306 e. The lowest BCUT2D eigenvalue weighted by Crippen LogP contribution is -2.10. The molecule has 0 aliphatic carbocycles. The Morgan fingerprint density at radius 2 is 0.493 bits per heavy atom. The highest BCUT2D eigenvalue weighted by Crippen LogP contribution is 2.15. The number of carbonyl (C=O) groups excluding carboxylic acids is 1. The molecule has 69 heavy (non-hydrogen) atoms. The van der Waals surface area contributed by atoms with Gasteiger partial charge in [0.2, 0.25) is 0 Å². The molecule has 0 spiro atoms. The number of esters is 1. The van der Waals surface area contributed by atoms with E-state index in [1.54, 1.807) is 0 Å². The second kappa shape index (κ2) is 81.2. The maximum absolute atomic E-state index is 11.3. The Bertz CT molecular complexity index is 809. The van der Waals surface area contributed by atoms with Crippen LogP contribution in [0.15, 0.2) is 12.2 Å². The largest absolute Gasteiger partial charge is 0.463 e. The molecule has 420 valence electrons. The van der Waals surface area contributed by atoms with E-state index >= 15 is 0 Å². The molecule has 0 heterocycles. The van der Waals surface area contributed by atoms with Gasteiger partial charge >= 0.3 is 5.97 Å². The van der Waals surface area contributed by atoms with E-state index in [9.17, 15) is 4.79 Å². The molecular weight excluding hydrogens is 849 g/mol. The van der Waals surface area contributed by atoms with Gasteiger partial charge in [0.15, 0.2) is 0 Å². The average Bonchev–Trinajstić information content (AvgIpc) is 3.34. The van der Waals surface area contributed by atoms with Crippen molar-refractivity contribution in [1.82, 2.24) is 0 Å². The molecule has 0 aromatic heterocycles. The second-order valence-corrected chi connectivity index (χ2v) is 20.7. The number of rotatable bonds is 50. The lowest BCUT2D eigenvalue weighted by molar-refractivity contribution is -0.147. The van der Waals surface area contributed by atoms with Crippen molar-refractivity contribution in [3.05, 3.63) is 12.2 Å². The highest BCUT2D eigenvalue weighted by molar-refractivity contribution is 5.69. The highest BCUT2D eigenvalue weighted by Gasteiger charge is 2.04. The Kier molecular flexibility index (Phi) is 90.6. The number of aliphatic hydroxyl groups excluding tert-OH is 3. The van der Waals surface area contributed by atoms with Crippen LogP contribution in [-0.2, 0) is 9.53 Å². The van der Waals surface area contributed by atoms with Crippen molar-refractivity contribution in [2.45, 2.75) is 376 Å². The molecule has 0 rings (SSSR count). The monoisotopic (exact) mass is 983 g/mol. The number of hydrogen-bond acceptors (Lipinski definition) is 5. The molecule has 0 saturated carbocycles. The number of unbranched alkanes of at least 4 members (excludes halogenated alkanes) is 42. The van der Waals surface area contributed by atoms with Crippen LogP contribution < -0.4 is 0 Å². The van der Waals surface area contributed by atoms with Gasteiger partial charge in [-0.05, 0) is 65.2 Å². The summed E-state index contributed by atoms with van der Waals surface area (Å²) in [5.74, 6) is -0.0342. The smallest absolute Gasteiger partial charge is 0.306 e. The van der Waals surface area contributed by atoms with Gasteiger partial charge in [-0.25, -0.2) is 0 Å². The Morgan fingerprint density at radius 3 is 0.710 bits per heavy atom. The number of carbonyl (C=O) groups is 1. The molecule has 0 atom stereocenters. The molecule has 0 radical (unpaired) electrons. The summed E-state index contributed by atoms with van der Waals surface area (Å²) in [6, 6.07) is 0. The van der Waals surface area contributed by atoms with Gasteiger partial charge in [-0.2, -0.15) is 0 Å². The fourth-order valence-corrected chi connectivity index (χ4v) is 8.14. The first kappa shape index (κ1) is 77.0. The van der Waals surface area contributed by atoms with Gasteiger partial charge in [-0.1, -0.05) is 311 Å². The molecule has 0 amide bonds. The molecule has 3 N–H and O–H groups in total. The van der Waals surface area contributed by atoms with Crippen LogP contribution in [0, 0.1) is 0 Å². The van der Waals surface area contributed by atoms with E-state index in [4.69, 9.17) is 20.1 Å². The minimum Gasteiger partial charge on any atom is -0.463 e. The first-order chi connectivity index (χ1) is 33.8. The third-order valence-electron chi connectivity index (χ3n) is 12.8. The van der Waals surface area contributed by atoms with E-state index in [1.165, 1.54) is 283 Å². The molecule has 0 bridgehead atoms. The van der Waals surface area contributed by atoms with Gasteiger partial charge in [-0.15, -0.1) is 0 Å². The SMILES string of the molecule is CCCCCCC.CCCCCCCCC=CCCCCCCCCO.CCCCCCCCCCCCCCCC(=O)OC(C)C.CCCCCCCCCCCCO.CCCCCCCCO. The van der Waals surface area contributed by atoms with Gasteiger partial charge in [0.05, 0.1) is 6.10 Å². The van der Waals surface area contributed by atoms with Crippen molar-refractivity contribution in [2.75, 3.05) is 19.8 Å². The van der Waals surface area contributed by atoms with Crippen LogP contribution in [0.3, 0.4) is 0 Å². The zero-order valence-electron chi connectivity index (χ0n) is 49.2. The summed E-state index contributed by atoms with van der Waals surface area (Å²) in [7, 11) is 0. The lowest BCUT2D eigenvalue weighted by Gasteiger charge is -2.07. The van der Waals surface area contributed by atoms with Gasteiger partial charge < -0.3 is 20.1 Å². The van der Waals surface area contributed by atoms with Gasteiger partial charge in [0, 0.05) is 26.2 Å². The van der Waals surface area contributed by atoms with Crippen molar-refractivity contribution in [3.63, 3.8) is 0 Å². The summed E-state index contributed by atoms with van der Waals surface area (Å²) in [6.07, 6.45) is 69.0. The van der Waals surface area contributed by atoms with Gasteiger partial charge in [-0.3, -0.25) is 4.79 Å². The molecule has 0 aromatic carbocycles. The predicted octanol–water partition coefficient (Wildman–Crippen LogP) is 21.7. The van der Waals surface area contributed by atoms with Crippen molar-refractivity contribution >= 4 is 5.97 Å². The normalized spacial score (nSPS) is 10.8. The second-order valence-electron chi connectivity index (χ2n) is 20.7. The maximum atomic E-state index is 11.3. The van der Waals surface area contributed by atoms with E-state index in [2.05, 4.69) is 53.7 Å². The lowest BCUT2D eigenvalue weighted by atomic mass is 10.0. The zero-order valence-corrected chi connectivity index (χ0v) is 49.2. The van der Waals surface area contributed by atoms with Crippen LogP contribution in [0.5, 0.6) is 0 Å². The van der Waals surface area contributed by atoms with Crippen LogP contribution in [0.25, 0.3) is 0 Å². The van der Waals surface area contributed by atoms with Crippen molar-refractivity contribution in [3.8, 4) is 0 Å². The predicted molar refractivity (Wildman–Crippen MR) is 312 cm³/mol. The summed E-state index contributed by atoms with van der Waals surface area (Å²) in [5, 5.41) is 25.6. The number of allylic oxidation sites excluding steroid dienone is 2. The number of ether oxygens (including phenoxy) is 1. The molecule has 0 aliphatic rings. The van der Waals surface area contributed by atoms with Crippen LogP contribution in [0.1, 0.15) is 370 Å². The Labute approximate surface area is 437 Å². The third-order valence-corrected chi connectivity index (χ3v) is 12.8. The van der Waals surface area contributed by atoms with Crippen LogP contribution in [0.4, 0.5) is 0 Å². The fraction of sp³-hybridized carbons (Fsp3) is 0.953. The summed E-state index contributed by atoms with van der Waals surface area (Å²) in [5.41, 5.74) is 0. The molecule has 0 aliphatic heterocycles.